The average molecular weight is 448 g/mol. The standard InChI is InChI=1S/C25H22FN3O2S/c1-15-5-7-16(8-6-15)23-19(13-27)25(29-20-3-2-4-21(30)24(20)23)32-14-22(31)28-18-11-9-17(26)10-12-18/h5-12,23,29H,2-4,14H2,1H3,(H,28,31). The first-order valence-electron chi connectivity index (χ1n) is 10.4. The molecule has 1 aliphatic carbocycles. The second-order valence-corrected chi connectivity index (χ2v) is 8.82. The molecule has 0 saturated heterocycles. The van der Waals surface area contributed by atoms with E-state index in [0.717, 1.165) is 29.7 Å². The van der Waals surface area contributed by atoms with Crippen LogP contribution in [0, 0.1) is 24.1 Å². The number of aryl methyl sites for hydroxylation is 1. The summed E-state index contributed by atoms with van der Waals surface area (Å²) in [6.07, 6.45) is 1.97. The predicted molar refractivity (Wildman–Crippen MR) is 123 cm³/mol. The fraction of sp³-hybridized carbons (Fsp3) is 0.240. The third-order valence-corrected chi connectivity index (χ3v) is 6.57. The van der Waals surface area contributed by atoms with Crippen molar-refractivity contribution in [3.8, 4) is 6.07 Å². The number of thioether (sulfide) groups is 1. The van der Waals surface area contributed by atoms with Crippen LogP contribution in [0.1, 0.15) is 36.3 Å². The number of amides is 1. The maximum atomic E-state index is 13.1. The van der Waals surface area contributed by atoms with Gasteiger partial charge >= 0.3 is 0 Å². The number of carbonyl (C=O) groups excluding carboxylic acids is 2. The van der Waals surface area contributed by atoms with Crippen molar-refractivity contribution in [3.05, 3.63) is 87.3 Å². The second-order valence-electron chi connectivity index (χ2n) is 7.84. The van der Waals surface area contributed by atoms with Crippen molar-refractivity contribution in [2.45, 2.75) is 32.1 Å². The fourth-order valence-electron chi connectivity index (χ4n) is 4.00. The molecule has 0 bridgehead atoms. The first-order chi connectivity index (χ1) is 15.5. The van der Waals surface area contributed by atoms with Gasteiger partial charge in [0.1, 0.15) is 5.82 Å². The largest absolute Gasteiger partial charge is 0.352 e. The Morgan fingerprint density at radius 2 is 1.91 bits per heavy atom. The van der Waals surface area contributed by atoms with E-state index in [2.05, 4.69) is 16.7 Å². The van der Waals surface area contributed by atoms with Crippen LogP contribution >= 0.6 is 11.8 Å². The highest BCUT2D eigenvalue weighted by molar-refractivity contribution is 8.03. The maximum Gasteiger partial charge on any atom is 0.234 e. The number of carbonyl (C=O) groups is 2. The third kappa shape index (κ3) is 4.61. The normalized spacial score (nSPS) is 18.0. The molecule has 5 nitrogen and oxygen atoms in total. The molecule has 2 N–H and O–H groups in total. The minimum absolute atomic E-state index is 0.0650. The number of anilines is 1. The molecule has 0 saturated carbocycles. The SMILES string of the molecule is Cc1ccc(C2C(C#N)=C(SCC(=O)Nc3ccc(F)cc3)NC3=C2C(=O)CCC3)cc1. The highest BCUT2D eigenvalue weighted by Gasteiger charge is 2.37. The fourth-order valence-corrected chi connectivity index (χ4v) is 4.86. The first kappa shape index (κ1) is 21.8. The van der Waals surface area contributed by atoms with Crippen LogP contribution in [0.4, 0.5) is 10.1 Å². The lowest BCUT2D eigenvalue weighted by atomic mass is 9.77. The topological polar surface area (TPSA) is 82.0 Å². The molecule has 1 unspecified atom stereocenters. The van der Waals surface area contributed by atoms with Gasteiger partial charge in [-0.2, -0.15) is 5.26 Å². The smallest absolute Gasteiger partial charge is 0.234 e. The van der Waals surface area contributed by atoms with Crippen LogP contribution in [-0.4, -0.2) is 17.4 Å². The zero-order valence-electron chi connectivity index (χ0n) is 17.6. The van der Waals surface area contributed by atoms with Gasteiger partial charge in [-0.25, -0.2) is 4.39 Å². The van der Waals surface area contributed by atoms with Crippen LogP contribution < -0.4 is 10.6 Å². The molecule has 1 amide bonds. The van der Waals surface area contributed by atoms with E-state index in [1.165, 1.54) is 36.0 Å². The van der Waals surface area contributed by atoms with Gasteiger partial charge in [0.05, 0.1) is 28.3 Å². The summed E-state index contributed by atoms with van der Waals surface area (Å²) >= 11 is 1.23. The Labute approximate surface area is 190 Å². The zero-order chi connectivity index (χ0) is 22.7. The van der Waals surface area contributed by atoms with Crippen LogP contribution in [0.25, 0.3) is 0 Å². The number of halogens is 1. The van der Waals surface area contributed by atoms with Crippen molar-refractivity contribution in [2.75, 3.05) is 11.1 Å². The van der Waals surface area contributed by atoms with E-state index < -0.39 is 5.92 Å². The van der Waals surface area contributed by atoms with Crippen LogP contribution in [0.5, 0.6) is 0 Å². The van der Waals surface area contributed by atoms with Crippen molar-refractivity contribution in [3.63, 3.8) is 0 Å². The van der Waals surface area contributed by atoms with Crippen molar-refractivity contribution < 1.29 is 14.0 Å². The molecule has 2 aromatic rings. The number of nitrogens with zero attached hydrogens (tertiary/aromatic N) is 1. The molecule has 2 aromatic carbocycles. The Morgan fingerprint density at radius 3 is 2.59 bits per heavy atom. The van der Waals surface area contributed by atoms with Gasteiger partial charge in [0.15, 0.2) is 5.78 Å². The number of dihydropyridines is 1. The molecule has 0 radical (unpaired) electrons. The number of hydrogen-bond donors (Lipinski definition) is 2. The number of nitrogens with one attached hydrogen (secondary N) is 2. The van der Waals surface area contributed by atoms with Gasteiger partial charge in [-0.05, 0) is 49.6 Å². The Morgan fingerprint density at radius 1 is 1.19 bits per heavy atom. The molecule has 1 atom stereocenters. The maximum absolute atomic E-state index is 13.1. The van der Waals surface area contributed by atoms with Gasteiger partial charge in [0.25, 0.3) is 0 Å². The zero-order valence-corrected chi connectivity index (χ0v) is 18.4. The quantitative estimate of drug-likeness (QED) is 0.679. The van der Waals surface area contributed by atoms with Crippen LogP contribution in [0.3, 0.4) is 0 Å². The predicted octanol–water partition coefficient (Wildman–Crippen LogP) is 4.94. The summed E-state index contributed by atoms with van der Waals surface area (Å²) in [4.78, 5) is 25.2. The van der Waals surface area contributed by atoms with Crippen molar-refractivity contribution in [1.29, 1.82) is 5.26 Å². The molecular formula is C25H22FN3O2S. The summed E-state index contributed by atoms with van der Waals surface area (Å²) in [5, 5.41) is 16.6. The number of rotatable bonds is 5. The first-order valence-corrected chi connectivity index (χ1v) is 11.4. The number of hydrogen-bond acceptors (Lipinski definition) is 5. The van der Waals surface area contributed by atoms with Gasteiger partial charge < -0.3 is 10.6 Å². The summed E-state index contributed by atoms with van der Waals surface area (Å²) in [6, 6.07) is 15.7. The molecule has 32 heavy (non-hydrogen) atoms. The Hall–Kier alpha value is -3.37. The monoisotopic (exact) mass is 447 g/mol. The lowest BCUT2D eigenvalue weighted by Crippen LogP contribution is -2.31. The van der Waals surface area contributed by atoms with Crippen molar-refractivity contribution >= 4 is 29.1 Å². The van der Waals surface area contributed by atoms with E-state index in [-0.39, 0.29) is 23.3 Å². The summed E-state index contributed by atoms with van der Waals surface area (Å²) in [5.74, 6) is -0.940. The number of Topliss-reactive ketones (excluding diaryl/α,β-unsaturated/α-hetero) is 1. The highest BCUT2D eigenvalue weighted by atomic mass is 32.2. The van der Waals surface area contributed by atoms with E-state index in [1.807, 2.05) is 31.2 Å². The molecule has 1 heterocycles. The molecule has 0 fully saturated rings. The van der Waals surface area contributed by atoms with Gasteiger partial charge in [0, 0.05) is 23.4 Å². The Kier molecular flexibility index (Phi) is 6.42. The Bertz CT molecular complexity index is 1160. The van der Waals surface area contributed by atoms with E-state index in [9.17, 15) is 19.2 Å². The molecule has 0 spiro atoms. The molecular weight excluding hydrogens is 425 g/mol. The van der Waals surface area contributed by atoms with E-state index in [1.54, 1.807) is 0 Å². The third-order valence-electron chi connectivity index (χ3n) is 5.55. The molecule has 4 rings (SSSR count). The van der Waals surface area contributed by atoms with Crippen LogP contribution in [0.15, 0.2) is 70.4 Å². The molecule has 0 aromatic heterocycles. The van der Waals surface area contributed by atoms with E-state index in [0.29, 0.717) is 28.3 Å². The number of nitriles is 1. The summed E-state index contributed by atoms with van der Waals surface area (Å²) in [6.45, 7) is 1.99. The summed E-state index contributed by atoms with van der Waals surface area (Å²) in [7, 11) is 0. The van der Waals surface area contributed by atoms with Crippen LogP contribution in [-0.2, 0) is 9.59 Å². The van der Waals surface area contributed by atoms with Crippen LogP contribution in [0.2, 0.25) is 0 Å². The summed E-state index contributed by atoms with van der Waals surface area (Å²) in [5.41, 5.74) is 4.45. The molecule has 7 heteroatoms. The minimum Gasteiger partial charge on any atom is -0.352 e. The van der Waals surface area contributed by atoms with Gasteiger partial charge in [-0.15, -0.1) is 0 Å². The number of ketones is 1. The lowest BCUT2D eigenvalue weighted by molar-refractivity contribution is -0.116. The molecule has 1 aliphatic heterocycles. The molecule has 162 valence electrons. The minimum atomic E-state index is -0.438. The Balaban J connectivity index is 1.60. The lowest BCUT2D eigenvalue weighted by Gasteiger charge is -2.33. The number of allylic oxidation sites excluding steroid dienone is 3. The van der Waals surface area contributed by atoms with E-state index in [4.69, 9.17) is 0 Å². The van der Waals surface area contributed by atoms with Crippen molar-refractivity contribution in [2.24, 2.45) is 0 Å². The van der Waals surface area contributed by atoms with Gasteiger partial charge in [-0.3, -0.25) is 9.59 Å². The highest BCUT2D eigenvalue weighted by Crippen LogP contribution is 2.44. The van der Waals surface area contributed by atoms with E-state index >= 15 is 0 Å². The van der Waals surface area contributed by atoms with Crippen molar-refractivity contribution in [1.82, 2.24) is 5.32 Å². The average Bonchev–Trinajstić information content (AvgIpc) is 2.79. The molecule has 2 aliphatic rings. The number of benzene rings is 2. The second kappa shape index (κ2) is 9.41. The van der Waals surface area contributed by atoms with Gasteiger partial charge in [0.2, 0.25) is 5.91 Å². The van der Waals surface area contributed by atoms with Gasteiger partial charge in [-0.1, -0.05) is 41.6 Å². The summed E-state index contributed by atoms with van der Waals surface area (Å²) < 4.78 is 13.1.